The highest BCUT2D eigenvalue weighted by Gasteiger charge is 2.21. The molecule has 1 heterocycles. The molecule has 154 valence electrons. The highest BCUT2D eigenvalue weighted by Crippen LogP contribution is 2.29. The van der Waals surface area contributed by atoms with Crippen LogP contribution in [0.15, 0.2) is 53.7 Å². The van der Waals surface area contributed by atoms with Gasteiger partial charge in [0.2, 0.25) is 11.1 Å². The second kappa shape index (κ2) is 9.08. The average Bonchev–Trinajstić information content (AvgIpc) is 3.18. The number of nitrogens with zero attached hydrogens (tertiary/aromatic N) is 4. The van der Waals surface area contributed by atoms with Crippen molar-refractivity contribution in [3.05, 3.63) is 65.2 Å². The van der Waals surface area contributed by atoms with E-state index < -0.39 is 0 Å². The Balaban J connectivity index is 1.32. The molecule has 0 fully saturated rings. The lowest BCUT2D eigenvalue weighted by atomic mass is 9.87. The zero-order valence-corrected chi connectivity index (χ0v) is 17.4. The van der Waals surface area contributed by atoms with E-state index in [1.54, 1.807) is 31.3 Å². The number of nitrogens with one attached hydrogen (secondary N) is 2. The average molecular weight is 423 g/mol. The molecule has 2 aromatic carbocycles. The number of aromatic nitrogens is 4. The summed E-state index contributed by atoms with van der Waals surface area (Å²) in [6, 6.07) is 15.2. The number of anilines is 1. The van der Waals surface area contributed by atoms with Crippen LogP contribution in [0.1, 0.15) is 40.4 Å². The molecule has 0 bridgehead atoms. The number of hydrogen-bond donors (Lipinski definition) is 2. The summed E-state index contributed by atoms with van der Waals surface area (Å²) in [4.78, 5) is 24.8. The Morgan fingerprint density at radius 2 is 1.97 bits per heavy atom. The van der Waals surface area contributed by atoms with Crippen LogP contribution in [0, 0.1) is 0 Å². The molecule has 0 radical (unpaired) electrons. The molecule has 0 spiro atoms. The SMILES string of the molecule is Cn1nnnc1SCC(=O)Nc1ccc(C(=O)N[C@@H]2CCCc3ccccc32)cc1. The van der Waals surface area contributed by atoms with Gasteiger partial charge in [-0.15, -0.1) is 5.10 Å². The zero-order valence-electron chi connectivity index (χ0n) is 16.5. The molecule has 3 aromatic rings. The maximum Gasteiger partial charge on any atom is 0.251 e. The number of benzene rings is 2. The molecular formula is C21H22N6O2S. The van der Waals surface area contributed by atoms with Gasteiger partial charge < -0.3 is 10.6 Å². The van der Waals surface area contributed by atoms with Crippen molar-refractivity contribution >= 4 is 29.3 Å². The molecule has 4 rings (SSSR count). The number of carbonyl (C=O) groups is 2. The van der Waals surface area contributed by atoms with E-state index in [1.165, 1.54) is 27.6 Å². The van der Waals surface area contributed by atoms with Crippen molar-refractivity contribution in [1.29, 1.82) is 0 Å². The quantitative estimate of drug-likeness (QED) is 0.592. The minimum Gasteiger partial charge on any atom is -0.345 e. The van der Waals surface area contributed by atoms with Gasteiger partial charge in [0.1, 0.15) is 0 Å². The highest BCUT2D eigenvalue weighted by atomic mass is 32.2. The first kappa shape index (κ1) is 20.1. The lowest BCUT2D eigenvalue weighted by molar-refractivity contribution is -0.113. The van der Waals surface area contributed by atoms with Crippen LogP contribution in [0.4, 0.5) is 5.69 Å². The second-order valence-electron chi connectivity index (χ2n) is 7.12. The van der Waals surface area contributed by atoms with Gasteiger partial charge in [-0.05, 0) is 65.1 Å². The maximum atomic E-state index is 12.7. The fourth-order valence-corrected chi connectivity index (χ4v) is 4.17. The van der Waals surface area contributed by atoms with Crippen LogP contribution < -0.4 is 10.6 Å². The molecule has 1 aromatic heterocycles. The van der Waals surface area contributed by atoms with Gasteiger partial charge in [-0.25, -0.2) is 4.68 Å². The number of rotatable bonds is 6. The van der Waals surface area contributed by atoms with Crippen molar-refractivity contribution in [2.45, 2.75) is 30.5 Å². The summed E-state index contributed by atoms with van der Waals surface area (Å²) in [6.07, 6.45) is 3.06. The van der Waals surface area contributed by atoms with Crippen LogP contribution in [-0.2, 0) is 18.3 Å². The normalized spacial score (nSPS) is 15.3. The van der Waals surface area contributed by atoms with Crippen molar-refractivity contribution in [3.63, 3.8) is 0 Å². The highest BCUT2D eigenvalue weighted by molar-refractivity contribution is 7.99. The Bertz CT molecular complexity index is 1050. The minimum absolute atomic E-state index is 0.0361. The van der Waals surface area contributed by atoms with E-state index in [2.05, 4.69) is 38.3 Å². The largest absolute Gasteiger partial charge is 0.345 e. The van der Waals surface area contributed by atoms with Gasteiger partial charge in [0.05, 0.1) is 11.8 Å². The molecular weight excluding hydrogens is 400 g/mol. The van der Waals surface area contributed by atoms with E-state index >= 15 is 0 Å². The van der Waals surface area contributed by atoms with Crippen LogP contribution >= 0.6 is 11.8 Å². The van der Waals surface area contributed by atoms with Crippen molar-refractivity contribution in [2.24, 2.45) is 7.05 Å². The van der Waals surface area contributed by atoms with E-state index in [9.17, 15) is 9.59 Å². The van der Waals surface area contributed by atoms with Gasteiger partial charge in [-0.3, -0.25) is 9.59 Å². The number of thioether (sulfide) groups is 1. The van der Waals surface area contributed by atoms with Gasteiger partial charge in [-0.1, -0.05) is 36.0 Å². The summed E-state index contributed by atoms with van der Waals surface area (Å²) in [6.45, 7) is 0. The standard InChI is InChI=1S/C21H22N6O2S/c1-27-21(24-25-26-27)30-13-19(28)22-16-11-9-15(10-12-16)20(29)23-18-8-4-6-14-5-2-3-7-17(14)18/h2-3,5,7,9-12,18H,4,6,8,13H2,1H3,(H,22,28)(H,23,29)/t18-/m1/s1. The fourth-order valence-electron chi connectivity index (χ4n) is 3.52. The van der Waals surface area contributed by atoms with Crippen LogP contribution in [0.2, 0.25) is 0 Å². The summed E-state index contributed by atoms with van der Waals surface area (Å²) in [5, 5.41) is 17.6. The smallest absolute Gasteiger partial charge is 0.251 e. The lowest BCUT2D eigenvalue weighted by Gasteiger charge is -2.26. The minimum atomic E-state index is -0.168. The van der Waals surface area contributed by atoms with Gasteiger partial charge >= 0.3 is 0 Å². The molecule has 0 aliphatic heterocycles. The Morgan fingerprint density at radius 3 is 2.73 bits per heavy atom. The summed E-state index contributed by atoms with van der Waals surface area (Å²) in [5.74, 6) is -0.0868. The van der Waals surface area contributed by atoms with Gasteiger partial charge in [-0.2, -0.15) is 0 Å². The van der Waals surface area contributed by atoms with E-state index in [4.69, 9.17) is 0 Å². The monoisotopic (exact) mass is 422 g/mol. The van der Waals surface area contributed by atoms with Crippen molar-refractivity contribution in [2.75, 3.05) is 11.1 Å². The number of hydrogen-bond acceptors (Lipinski definition) is 6. The van der Waals surface area contributed by atoms with Crippen LogP contribution in [0.25, 0.3) is 0 Å². The molecule has 0 saturated heterocycles. The molecule has 1 aliphatic rings. The number of carbonyl (C=O) groups excluding carboxylic acids is 2. The topological polar surface area (TPSA) is 102 Å². The van der Waals surface area contributed by atoms with Crippen LogP contribution in [0.3, 0.4) is 0 Å². The second-order valence-corrected chi connectivity index (χ2v) is 8.06. The third kappa shape index (κ3) is 4.68. The predicted octanol–water partition coefficient (Wildman–Crippen LogP) is 2.75. The van der Waals surface area contributed by atoms with Crippen molar-refractivity contribution in [1.82, 2.24) is 25.5 Å². The molecule has 0 unspecified atom stereocenters. The lowest BCUT2D eigenvalue weighted by Crippen LogP contribution is -2.30. The third-order valence-corrected chi connectivity index (χ3v) is 6.03. The zero-order chi connectivity index (χ0) is 20.9. The van der Waals surface area contributed by atoms with E-state index in [1.807, 2.05) is 12.1 Å². The molecule has 1 aliphatic carbocycles. The number of tetrazole rings is 1. The Morgan fingerprint density at radius 1 is 1.17 bits per heavy atom. The summed E-state index contributed by atoms with van der Waals surface area (Å²) < 4.78 is 1.51. The Kier molecular flexibility index (Phi) is 6.08. The van der Waals surface area contributed by atoms with E-state index in [0.29, 0.717) is 16.4 Å². The molecule has 30 heavy (non-hydrogen) atoms. The number of fused-ring (bicyclic) bond motifs is 1. The predicted molar refractivity (Wildman–Crippen MR) is 114 cm³/mol. The fraction of sp³-hybridized carbons (Fsp3) is 0.286. The van der Waals surface area contributed by atoms with Gasteiger partial charge in [0.15, 0.2) is 0 Å². The van der Waals surface area contributed by atoms with Crippen LogP contribution in [0.5, 0.6) is 0 Å². The first-order valence-corrected chi connectivity index (χ1v) is 10.7. The first-order valence-electron chi connectivity index (χ1n) is 9.74. The summed E-state index contributed by atoms with van der Waals surface area (Å²) >= 11 is 1.25. The van der Waals surface area contributed by atoms with Gasteiger partial charge in [0.25, 0.3) is 5.91 Å². The Hall–Kier alpha value is -3.20. The van der Waals surface area contributed by atoms with Gasteiger partial charge in [0, 0.05) is 18.3 Å². The third-order valence-electron chi connectivity index (χ3n) is 5.02. The first-order chi connectivity index (χ1) is 14.6. The van der Waals surface area contributed by atoms with E-state index in [-0.39, 0.29) is 23.6 Å². The molecule has 2 N–H and O–H groups in total. The molecule has 0 saturated carbocycles. The molecule has 9 heteroatoms. The number of aryl methyl sites for hydroxylation is 2. The molecule has 1 atom stereocenters. The maximum absolute atomic E-state index is 12.7. The molecule has 2 amide bonds. The Labute approximate surface area is 178 Å². The summed E-state index contributed by atoms with van der Waals surface area (Å²) in [7, 11) is 1.72. The van der Waals surface area contributed by atoms with Crippen molar-refractivity contribution in [3.8, 4) is 0 Å². The molecule has 8 nitrogen and oxygen atoms in total. The van der Waals surface area contributed by atoms with Crippen molar-refractivity contribution < 1.29 is 9.59 Å². The summed E-state index contributed by atoms with van der Waals surface area (Å²) in [5.41, 5.74) is 3.71. The number of amides is 2. The van der Waals surface area contributed by atoms with Crippen LogP contribution in [-0.4, -0.2) is 37.8 Å². The van der Waals surface area contributed by atoms with E-state index in [0.717, 1.165) is 19.3 Å².